The lowest BCUT2D eigenvalue weighted by atomic mass is 10.1. The summed E-state index contributed by atoms with van der Waals surface area (Å²) in [5.41, 5.74) is -1.27. The summed E-state index contributed by atoms with van der Waals surface area (Å²) in [6.07, 6.45) is 0. The summed E-state index contributed by atoms with van der Waals surface area (Å²) in [4.78, 5) is 24.0. The molecule has 0 aromatic carbocycles. The number of rotatable bonds is 6. The van der Waals surface area contributed by atoms with Crippen LogP contribution in [0.5, 0.6) is 0 Å². The molecule has 0 fully saturated rings. The average molecular weight is 232 g/mol. The molecule has 0 bridgehead atoms. The van der Waals surface area contributed by atoms with Crippen LogP contribution in [0.25, 0.3) is 0 Å². The molecular weight excluding hydrogens is 212 g/mol. The topological polar surface area (TPSA) is 78.9 Å². The van der Waals surface area contributed by atoms with Crippen molar-refractivity contribution in [3.05, 3.63) is 0 Å². The zero-order chi connectivity index (χ0) is 12.8. The smallest absolute Gasteiger partial charge is 0.328 e. The SMILES string of the molecule is CCN(CCOC)C(=O)NC(C)(C)C(=O)O. The van der Waals surface area contributed by atoms with Gasteiger partial charge in [-0.1, -0.05) is 0 Å². The fourth-order valence-corrected chi connectivity index (χ4v) is 1.00. The number of likely N-dealkylation sites (N-methyl/N-ethyl adjacent to an activating group) is 1. The van der Waals surface area contributed by atoms with Crippen LogP contribution in [0.15, 0.2) is 0 Å². The van der Waals surface area contributed by atoms with Gasteiger partial charge < -0.3 is 20.1 Å². The van der Waals surface area contributed by atoms with Gasteiger partial charge in [0.1, 0.15) is 5.54 Å². The van der Waals surface area contributed by atoms with Gasteiger partial charge in [-0.3, -0.25) is 0 Å². The minimum atomic E-state index is -1.27. The lowest BCUT2D eigenvalue weighted by Crippen LogP contribution is -2.54. The lowest BCUT2D eigenvalue weighted by Gasteiger charge is -2.27. The zero-order valence-electron chi connectivity index (χ0n) is 10.2. The van der Waals surface area contributed by atoms with Crippen molar-refractivity contribution < 1.29 is 19.4 Å². The minimum Gasteiger partial charge on any atom is -0.480 e. The Morgan fingerprint density at radius 1 is 1.44 bits per heavy atom. The number of hydrogen-bond acceptors (Lipinski definition) is 3. The van der Waals surface area contributed by atoms with Gasteiger partial charge in [0.15, 0.2) is 0 Å². The number of carboxylic acids is 1. The van der Waals surface area contributed by atoms with Gasteiger partial charge in [-0.2, -0.15) is 0 Å². The van der Waals surface area contributed by atoms with Gasteiger partial charge in [-0.05, 0) is 20.8 Å². The molecular formula is C10H20N2O4. The normalized spacial score (nSPS) is 11.0. The highest BCUT2D eigenvalue weighted by atomic mass is 16.5. The maximum Gasteiger partial charge on any atom is 0.328 e. The van der Waals surface area contributed by atoms with Gasteiger partial charge in [0.25, 0.3) is 0 Å². The largest absolute Gasteiger partial charge is 0.480 e. The molecule has 0 aromatic rings. The highest BCUT2D eigenvalue weighted by Crippen LogP contribution is 2.03. The Balaban J connectivity index is 4.36. The van der Waals surface area contributed by atoms with E-state index in [9.17, 15) is 9.59 Å². The van der Waals surface area contributed by atoms with Crippen molar-refractivity contribution in [2.24, 2.45) is 0 Å². The van der Waals surface area contributed by atoms with Crippen LogP contribution in [-0.4, -0.2) is 54.4 Å². The molecule has 0 aliphatic carbocycles. The highest BCUT2D eigenvalue weighted by Gasteiger charge is 2.30. The Labute approximate surface area is 95.6 Å². The van der Waals surface area contributed by atoms with Crippen molar-refractivity contribution in [3.8, 4) is 0 Å². The van der Waals surface area contributed by atoms with Crippen LogP contribution < -0.4 is 5.32 Å². The number of aliphatic carboxylic acids is 1. The van der Waals surface area contributed by atoms with Gasteiger partial charge in [0.2, 0.25) is 0 Å². The van der Waals surface area contributed by atoms with Crippen molar-refractivity contribution in [2.75, 3.05) is 26.8 Å². The Bertz CT molecular complexity index is 253. The maximum absolute atomic E-state index is 11.7. The predicted octanol–water partition coefficient (Wildman–Crippen LogP) is 0.527. The molecule has 0 aliphatic rings. The first kappa shape index (κ1) is 14.7. The third-order valence-corrected chi connectivity index (χ3v) is 2.19. The molecule has 0 unspecified atom stereocenters. The van der Waals surface area contributed by atoms with Crippen LogP contribution in [-0.2, 0) is 9.53 Å². The van der Waals surface area contributed by atoms with Crippen LogP contribution in [0.1, 0.15) is 20.8 Å². The van der Waals surface area contributed by atoms with E-state index in [1.165, 1.54) is 18.7 Å². The first-order chi connectivity index (χ1) is 7.35. The molecule has 0 saturated carbocycles. The molecule has 6 heteroatoms. The summed E-state index contributed by atoms with van der Waals surface area (Å²) in [5.74, 6) is -1.07. The predicted molar refractivity (Wildman–Crippen MR) is 59.4 cm³/mol. The summed E-state index contributed by atoms with van der Waals surface area (Å²) in [6, 6.07) is -0.396. The number of carbonyl (C=O) groups is 2. The Kier molecular flexibility index (Phi) is 5.81. The molecule has 94 valence electrons. The molecule has 0 heterocycles. The molecule has 2 N–H and O–H groups in total. The Morgan fingerprint density at radius 2 is 2.00 bits per heavy atom. The van der Waals surface area contributed by atoms with Crippen molar-refractivity contribution in [2.45, 2.75) is 26.3 Å². The van der Waals surface area contributed by atoms with Crippen molar-refractivity contribution >= 4 is 12.0 Å². The van der Waals surface area contributed by atoms with Crippen molar-refractivity contribution in [1.82, 2.24) is 10.2 Å². The average Bonchev–Trinajstić information content (AvgIpc) is 2.18. The molecule has 6 nitrogen and oxygen atoms in total. The van der Waals surface area contributed by atoms with Crippen LogP contribution in [0.2, 0.25) is 0 Å². The quantitative estimate of drug-likeness (QED) is 0.700. The minimum absolute atomic E-state index is 0.396. The van der Waals surface area contributed by atoms with Crippen LogP contribution >= 0.6 is 0 Å². The van der Waals surface area contributed by atoms with E-state index >= 15 is 0 Å². The zero-order valence-corrected chi connectivity index (χ0v) is 10.2. The third kappa shape index (κ3) is 4.48. The highest BCUT2D eigenvalue weighted by molar-refractivity contribution is 5.85. The number of carboxylic acid groups (broad SMARTS) is 1. The van der Waals surface area contributed by atoms with Gasteiger partial charge >= 0.3 is 12.0 Å². The second kappa shape index (κ2) is 6.32. The molecule has 0 radical (unpaired) electrons. The number of nitrogens with one attached hydrogen (secondary N) is 1. The van der Waals surface area contributed by atoms with Crippen LogP contribution in [0, 0.1) is 0 Å². The lowest BCUT2D eigenvalue weighted by molar-refractivity contribution is -0.143. The van der Waals surface area contributed by atoms with E-state index in [0.717, 1.165) is 0 Å². The standard InChI is InChI=1S/C10H20N2O4/c1-5-12(6-7-16-4)9(15)11-10(2,3)8(13)14/h5-7H2,1-4H3,(H,11,15)(H,13,14). The molecule has 0 aliphatic heterocycles. The number of amides is 2. The van der Waals surface area contributed by atoms with E-state index in [1.54, 1.807) is 7.11 Å². The number of urea groups is 1. The van der Waals surface area contributed by atoms with Gasteiger partial charge in [0, 0.05) is 20.2 Å². The molecule has 2 amide bonds. The summed E-state index contributed by atoms with van der Waals surface area (Å²) >= 11 is 0. The molecule has 0 rings (SSSR count). The molecule has 0 saturated heterocycles. The van der Waals surface area contributed by atoms with E-state index in [1.807, 2.05) is 6.92 Å². The summed E-state index contributed by atoms with van der Waals surface area (Å²) in [5, 5.41) is 11.3. The van der Waals surface area contributed by atoms with Gasteiger partial charge in [-0.15, -0.1) is 0 Å². The van der Waals surface area contributed by atoms with E-state index in [0.29, 0.717) is 19.7 Å². The summed E-state index contributed by atoms with van der Waals surface area (Å²) < 4.78 is 4.86. The summed E-state index contributed by atoms with van der Waals surface area (Å²) in [7, 11) is 1.55. The number of nitrogens with zero attached hydrogens (tertiary/aromatic N) is 1. The number of carbonyl (C=O) groups excluding carboxylic acids is 1. The monoisotopic (exact) mass is 232 g/mol. The molecule has 16 heavy (non-hydrogen) atoms. The van der Waals surface area contributed by atoms with Crippen molar-refractivity contribution in [1.29, 1.82) is 0 Å². The Morgan fingerprint density at radius 3 is 2.38 bits per heavy atom. The maximum atomic E-state index is 11.7. The van der Waals surface area contributed by atoms with Gasteiger partial charge in [0.05, 0.1) is 6.61 Å². The Hall–Kier alpha value is -1.30. The first-order valence-corrected chi connectivity index (χ1v) is 5.14. The molecule has 0 aromatic heterocycles. The third-order valence-electron chi connectivity index (χ3n) is 2.19. The first-order valence-electron chi connectivity index (χ1n) is 5.14. The fraction of sp³-hybridized carbons (Fsp3) is 0.800. The molecule has 0 spiro atoms. The van der Waals surface area contributed by atoms with Gasteiger partial charge in [-0.25, -0.2) is 9.59 Å². The number of ether oxygens (including phenoxy) is 1. The second-order valence-corrected chi connectivity index (χ2v) is 3.93. The van der Waals surface area contributed by atoms with E-state index < -0.39 is 17.5 Å². The van der Waals surface area contributed by atoms with E-state index in [-0.39, 0.29) is 0 Å². The molecule has 0 atom stereocenters. The summed E-state index contributed by atoms with van der Waals surface area (Å²) in [6.45, 7) is 6.08. The number of hydrogen-bond donors (Lipinski definition) is 2. The van der Waals surface area contributed by atoms with E-state index in [2.05, 4.69) is 5.32 Å². The van der Waals surface area contributed by atoms with E-state index in [4.69, 9.17) is 9.84 Å². The van der Waals surface area contributed by atoms with Crippen LogP contribution in [0.4, 0.5) is 4.79 Å². The number of methoxy groups -OCH3 is 1. The van der Waals surface area contributed by atoms with Crippen LogP contribution in [0.3, 0.4) is 0 Å². The second-order valence-electron chi connectivity index (χ2n) is 3.93. The van der Waals surface area contributed by atoms with Crippen molar-refractivity contribution in [3.63, 3.8) is 0 Å². The fourth-order valence-electron chi connectivity index (χ4n) is 1.00.